The Kier molecular flexibility index (Phi) is 5.67. The van der Waals surface area contributed by atoms with Crippen LogP contribution in [-0.4, -0.2) is 11.0 Å². The molecule has 2 aromatic carbocycles. The van der Waals surface area contributed by atoms with Crippen LogP contribution in [0.4, 0.5) is 5.69 Å². The monoisotopic (exact) mass is 312 g/mol. The van der Waals surface area contributed by atoms with Gasteiger partial charge in [-0.1, -0.05) is 48.0 Å². The van der Waals surface area contributed by atoms with Crippen LogP contribution in [0.5, 0.6) is 0 Å². The number of hydrogen-bond acceptors (Lipinski definition) is 2. The molecule has 0 saturated heterocycles. The molecule has 0 aliphatic carbocycles. The Morgan fingerprint density at radius 1 is 1.09 bits per heavy atom. The topological polar surface area (TPSA) is 41.1 Å². The predicted octanol–water partition coefficient (Wildman–Crippen LogP) is 3.75. The smallest absolute Gasteiger partial charge is 0.226 e. The minimum atomic E-state index is -0.0777. The Morgan fingerprint density at radius 3 is 2.50 bits per heavy atom. The largest absolute Gasteiger partial charge is 0.332 e. The van der Waals surface area contributed by atoms with Crippen molar-refractivity contribution < 1.29 is 4.79 Å². The zero-order valence-corrected chi connectivity index (χ0v) is 13.7. The molecule has 0 aliphatic heterocycles. The number of aryl methyl sites for hydroxylation is 3. The van der Waals surface area contributed by atoms with Gasteiger partial charge in [-0.2, -0.15) is 0 Å². The van der Waals surface area contributed by atoms with E-state index in [1.807, 2.05) is 56.3 Å². The summed E-state index contributed by atoms with van der Waals surface area (Å²) in [6.45, 7) is 4.05. The van der Waals surface area contributed by atoms with Crippen LogP contribution in [0.25, 0.3) is 0 Å². The standard InChI is InChI=1S/C18H20N2OS/c1-13-8-10-16(14(2)12-13)19-18(22)20-17(21)11-9-15-6-4-3-5-7-15/h3-8,10,12H,9,11H2,1-2H3,(H2,19,20,21,22). The molecule has 114 valence electrons. The molecule has 0 saturated carbocycles. The molecule has 0 atom stereocenters. The summed E-state index contributed by atoms with van der Waals surface area (Å²) in [5.41, 5.74) is 4.35. The number of thiocarbonyl (C=S) groups is 1. The van der Waals surface area contributed by atoms with Crippen LogP contribution in [0.1, 0.15) is 23.1 Å². The summed E-state index contributed by atoms with van der Waals surface area (Å²) >= 11 is 5.19. The molecule has 4 heteroatoms. The van der Waals surface area contributed by atoms with Gasteiger partial charge in [0.25, 0.3) is 0 Å². The Hall–Kier alpha value is -2.20. The van der Waals surface area contributed by atoms with E-state index in [0.717, 1.165) is 16.8 Å². The van der Waals surface area contributed by atoms with Crippen molar-refractivity contribution in [2.24, 2.45) is 0 Å². The number of anilines is 1. The SMILES string of the molecule is Cc1ccc(NC(=S)NC(=O)CCc2ccccc2)c(C)c1. The quantitative estimate of drug-likeness (QED) is 0.845. The Labute approximate surface area is 136 Å². The average molecular weight is 312 g/mol. The second-order valence-corrected chi connectivity index (χ2v) is 5.71. The highest BCUT2D eigenvalue weighted by Gasteiger charge is 2.06. The van der Waals surface area contributed by atoms with Crippen LogP contribution in [-0.2, 0) is 11.2 Å². The van der Waals surface area contributed by atoms with Gasteiger partial charge in [-0.15, -0.1) is 0 Å². The molecule has 0 aromatic heterocycles. The lowest BCUT2D eigenvalue weighted by Gasteiger charge is -2.12. The van der Waals surface area contributed by atoms with Crippen LogP contribution in [0.3, 0.4) is 0 Å². The molecule has 2 rings (SSSR count). The fourth-order valence-electron chi connectivity index (χ4n) is 2.20. The maximum absolute atomic E-state index is 11.9. The average Bonchev–Trinajstić information content (AvgIpc) is 2.49. The number of amides is 1. The number of carbonyl (C=O) groups excluding carboxylic acids is 1. The van der Waals surface area contributed by atoms with E-state index in [1.165, 1.54) is 5.56 Å². The minimum Gasteiger partial charge on any atom is -0.332 e. The highest BCUT2D eigenvalue weighted by atomic mass is 32.1. The molecule has 2 N–H and O–H groups in total. The van der Waals surface area contributed by atoms with Crippen molar-refractivity contribution in [3.05, 3.63) is 65.2 Å². The molecule has 3 nitrogen and oxygen atoms in total. The number of hydrogen-bond donors (Lipinski definition) is 2. The lowest BCUT2D eigenvalue weighted by molar-refractivity contribution is -0.119. The number of rotatable bonds is 4. The van der Waals surface area contributed by atoms with Gasteiger partial charge in [0.1, 0.15) is 0 Å². The summed E-state index contributed by atoms with van der Waals surface area (Å²) in [6.07, 6.45) is 1.12. The van der Waals surface area contributed by atoms with E-state index in [4.69, 9.17) is 12.2 Å². The third-order valence-corrected chi connectivity index (χ3v) is 3.57. The van der Waals surface area contributed by atoms with E-state index in [2.05, 4.69) is 16.7 Å². The molecule has 0 aliphatic rings. The second kappa shape index (κ2) is 7.71. The zero-order valence-electron chi connectivity index (χ0n) is 12.8. The van der Waals surface area contributed by atoms with Crippen molar-refractivity contribution in [3.63, 3.8) is 0 Å². The number of carbonyl (C=O) groups is 1. The van der Waals surface area contributed by atoms with Crippen molar-refractivity contribution in [2.45, 2.75) is 26.7 Å². The molecular weight excluding hydrogens is 292 g/mol. The van der Waals surface area contributed by atoms with Crippen molar-refractivity contribution >= 4 is 28.9 Å². The van der Waals surface area contributed by atoms with Crippen LogP contribution in [0, 0.1) is 13.8 Å². The van der Waals surface area contributed by atoms with Gasteiger partial charge in [-0.05, 0) is 49.7 Å². The molecule has 2 aromatic rings. The lowest BCUT2D eigenvalue weighted by Crippen LogP contribution is -2.34. The second-order valence-electron chi connectivity index (χ2n) is 5.31. The first-order valence-electron chi connectivity index (χ1n) is 7.26. The van der Waals surface area contributed by atoms with E-state index >= 15 is 0 Å². The Balaban J connectivity index is 1.82. The summed E-state index contributed by atoms with van der Waals surface area (Å²) in [5, 5.41) is 6.13. The van der Waals surface area contributed by atoms with Crippen LogP contribution in [0.15, 0.2) is 48.5 Å². The lowest BCUT2D eigenvalue weighted by atomic mass is 10.1. The summed E-state index contributed by atoms with van der Waals surface area (Å²) in [7, 11) is 0. The summed E-state index contributed by atoms with van der Waals surface area (Å²) in [6, 6.07) is 16.0. The molecule has 0 heterocycles. The molecule has 0 spiro atoms. The first-order chi connectivity index (χ1) is 10.5. The number of benzene rings is 2. The molecule has 0 unspecified atom stereocenters. The number of nitrogens with one attached hydrogen (secondary N) is 2. The summed E-state index contributed by atoms with van der Waals surface area (Å²) in [4.78, 5) is 11.9. The fourth-order valence-corrected chi connectivity index (χ4v) is 2.42. The van der Waals surface area contributed by atoms with Gasteiger partial charge >= 0.3 is 0 Å². The maximum atomic E-state index is 11.9. The van der Waals surface area contributed by atoms with Crippen molar-refractivity contribution in [1.82, 2.24) is 5.32 Å². The molecular formula is C18H20N2OS. The van der Waals surface area contributed by atoms with Gasteiger partial charge in [0.15, 0.2) is 5.11 Å². The van der Waals surface area contributed by atoms with E-state index < -0.39 is 0 Å². The highest BCUT2D eigenvalue weighted by Crippen LogP contribution is 2.15. The van der Waals surface area contributed by atoms with E-state index in [-0.39, 0.29) is 5.91 Å². The zero-order chi connectivity index (χ0) is 15.9. The van der Waals surface area contributed by atoms with Crippen LogP contribution in [0.2, 0.25) is 0 Å². The summed E-state index contributed by atoms with van der Waals surface area (Å²) < 4.78 is 0. The molecule has 0 fully saturated rings. The fraction of sp³-hybridized carbons (Fsp3) is 0.222. The van der Waals surface area contributed by atoms with Crippen LogP contribution >= 0.6 is 12.2 Å². The Bertz CT molecular complexity index is 668. The summed E-state index contributed by atoms with van der Waals surface area (Å²) in [5.74, 6) is -0.0777. The van der Waals surface area contributed by atoms with E-state index in [9.17, 15) is 4.79 Å². The van der Waals surface area contributed by atoms with Crippen molar-refractivity contribution in [3.8, 4) is 0 Å². The first kappa shape index (κ1) is 16.2. The first-order valence-corrected chi connectivity index (χ1v) is 7.67. The molecule has 0 bridgehead atoms. The minimum absolute atomic E-state index is 0.0777. The van der Waals surface area contributed by atoms with Gasteiger partial charge in [0, 0.05) is 12.1 Å². The van der Waals surface area contributed by atoms with Gasteiger partial charge < -0.3 is 10.6 Å². The van der Waals surface area contributed by atoms with Gasteiger partial charge in [0.05, 0.1) is 0 Å². The van der Waals surface area contributed by atoms with E-state index in [1.54, 1.807) is 0 Å². The van der Waals surface area contributed by atoms with E-state index in [0.29, 0.717) is 18.0 Å². The molecule has 22 heavy (non-hydrogen) atoms. The van der Waals surface area contributed by atoms with Gasteiger partial charge in [0.2, 0.25) is 5.91 Å². The van der Waals surface area contributed by atoms with Gasteiger partial charge in [-0.3, -0.25) is 4.79 Å². The molecule has 1 amide bonds. The predicted molar refractivity (Wildman–Crippen MR) is 95.0 cm³/mol. The third kappa shape index (κ3) is 4.97. The van der Waals surface area contributed by atoms with Gasteiger partial charge in [-0.25, -0.2) is 0 Å². The van der Waals surface area contributed by atoms with Crippen molar-refractivity contribution in [2.75, 3.05) is 5.32 Å². The van der Waals surface area contributed by atoms with Crippen LogP contribution < -0.4 is 10.6 Å². The van der Waals surface area contributed by atoms with Crippen molar-refractivity contribution in [1.29, 1.82) is 0 Å². The Morgan fingerprint density at radius 2 is 1.82 bits per heavy atom. The molecule has 0 radical (unpaired) electrons. The third-order valence-electron chi connectivity index (χ3n) is 3.37. The highest BCUT2D eigenvalue weighted by molar-refractivity contribution is 7.80. The maximum Gasteiger partial charge on any atom is 0.226 e. The normalized spacial score (nSPS) is 10.1.